The highest BCUT2D eigenvalue weighted by molar-refractivity contribution is 7.13. The number of nitrogens with zero attached hydrogens (tertiary/aromatic N) is 4. The van der Waals surface area contributed by atoms with Crippen LogP contribution in [0.2, 0.25) is 0 Å². The first-order valence-electron chi connectivity index (χ1n) is 10.4. The largest absolute Gasteiger partial charge is 0.469 e. The minimum Gasteiger partial charge on any atom is -0.469 e. The van der Waals surface area contributed by atoms with Gasteiger partial charge in [0.05, 0.1) is 42.0 Å². The molecule has 4 rings (SSSR count). The van der Waals surface area contributed by atoms with Gasteiger partial charge in [0.2, 0.25) is 0 Å². The Kier molecular flexibility index (Phi) is 5.92. The average molecular weight is 453 g/mol. The van der Waals surface area contributed by atoms with E-state index >= 15 is 0 Å². The van der Waals surface area contributed by atoms with Crippen molar-refractivity contribution in [3.63, 3.8) is 0 Å². The molecule has 0 radical (unpaired) electrons. The van der Waals surface area contributed by atoms with Gasteiger partial charge in [0.15, 0.2) is 5.52 Å². The maximum Gasteiger partial charge on any atom is 0.332 e. The summed E-state index contributed by atoms with van der Waals surface area (Å²) >= 11 is 1.39. The van der Waals surface area contributed by atoms with Crippen molar-refractivity contribution >= 4 is 38.6 Å². The number of ether oxygens (including phenoxy) is 1. The second-order valence-electron chi connectivity index (χ2n) is 7.84. The fourth-order valence-electron chi connectivity index (χ4n) is 4.16. The predicted molar refractivity (Wildman–Crippen MR) is 124 cm³/mol. The van der Waals surface area contributed by atoms with E-state index in [1.807, 2.05) is 20.8 Å². The molecule has 4 aromatic rings. The Labute approximate surface area is 188 Å². The molecule has 0 spiro atoms. The van der Waals surface area contributed by atoms with Gasteiger partial charge in [-0.3, -0.25) is 18.7 Å². The van der Waals surface area contributed by atoms with E-state index in [9.17, 15) is 14.4 Å². The molecule has 0 aliphatic carbocycles. The molecule has 8 nitrogen and oxygen atoms in total. The number of benzene rings is 1. The van der Waals surface area contributed by atoms with E-state index in [2.05, 4.69) is 21.5 Å². The third kappa shape index (κ3) is 3.73. The number of hydrogen-bond donors (Lipinski definition) is 0. The molecule has 3 aromatic heterocycles. The predicted octanol–water partition coefficient (Wildman–Crippen LogP) is 3.35. The molecular formula is C23H24N4O4S. The zero-order valence-corrected chi connectivity index (χ0v) is 19.2. The minimum atomic E-state index is -0.628. The lowest BCUT2D eigenvalue weighted by atomic mass is 10.1. The summed E-state index contributed by atoms with van der Waals surface area (Å²) in [5.74, 6) is -0.479. The van der Waals surface area contributed by atoms with Crippen LogP contribution in [0.5, 0.6) is 0 Å². The molecule has 166 valence electrons. The van der Waals surface area contributed by atoms with Crippen molar-refractivity contribution in [2.75, 3.05) is 7.11 Å². The second kappa shape index (κ2) is 8.66. The summed E-state index contributed by atoms with van der Waals surface area (Å²) < 4.78 is 13.1. The fraction of sp³-hybridized carbons (Fsp3) is 0.348. The molecule has 0 saturated carbocycles. The van der Waals surface area contributed by atoms with Crippen molar-refractivity contribution < 1.29 is 9.53 Å². The molecule has 32 heavy (non-hydrogen) atoms. The third-order valence-electron chi connectivity index (χ3n) is 5.70. The molecule has 0 N–H and O–H groups in total. The van der Waals surface area contributed by atoms with Crippen molar-refractivity contribution in [1.29, 1.82) is 0 Å². The number of methoxy groups -OCH3 is 1. The number of carbonyl (C=O) groups is 1. The molecule has 0 fully saturated rings. The summed E-state index contributed by atoms with van der Waals surface area (Å²) in [5, 5.41) is 1.02. The van der Waals surface area contributed by atoms with Gasteiger partial charge in [-0.25, -0.2) is 9.78 Å². The number of esters is 1. The summed E-state index contributed by atoms with van der Waals surface area (Å²) in [5.41, 5.74) is 2.63. The van der Waals surface area contributed by atoms with Crippen molar-refractivity contribution in [2.24, 2.45) is 0 Å². The van der Waals surface area contributed by atoms with Crippen LogP contribution in [0.4, 0.5) is 0 Å². The third-order valence-corrected chi connectivity index (χ3v) is 6.53. The summed E-state index contributed by atoms with van der Waals surface area (Å²) in [7, 11) is 1.29. The van der Waals surface area contributed by atoms with Gasteiger partial charge >= 0.3 is 11.7 Å². The van der Waals surface area contributed by atoms with E-state index in [1.165, 1.54) is 29.4 Å². The van der Waals surface area contributed by atoms with E-state index < -0.39 is 23.3 Å². The zero-order valence-electron chi connectivity index (χ0n) is 18.4. The molecule has 3 heterocycles. The molecular weight excluding hydrogens is 428 g/mol. The van der Waals surface area contributed by atoms with Crippen molar-refractivity contribution in [1.82, 2.24) is 18.5 Å². The summed E-state index contributed by atoms with van der Waals surface area (Å²) in [6.45, 7) is 6.09. The number of fused-ring (bicyclic) bond motifs is 2. The monoisotopic (exact) mass is 452 g/mol. The van der Waals surface area contributed by atoms with Crippen molar-refractivity contribution in [3.05, 3.63) is 68.1 Å². The van der Waals surface area contributed by atoms with E-state index in [0.29, 0.717) is 11.9 Å². The van der Waals surface area contributed by atoms with Crippen LogP contribution in [0.15, 0.2) is 40.1 Å². The summed E-state index contributed by atoms with van der Waals surface area (Å²) in [6, 6.07) is 6.95. The number of carbonyl (C=O) groups excluding carboxylic acids is 1. The van der Waals surface area contributed by atoms with Crippen LogP contribution in [0.25, 0.3) is 21.1 Å². The van der Waals surface area contributed by atoms with E-state index in [1.54, 1.807) is 12.1 Å². The molecule has 0 amide bonds. The fourth-order valence-corrected chi connectivity index (χ4v) is 5.13. The Hall–Kier alpha value is -3.33. The first-order valence-corrected chi connectivity index (χ1v) is 11.1. The van der Waals surface area contributed by atoms with Gasteiger partial charge < -0.3 is 4.74 Å². The second-order valence-corrected chi connectivity index (χ2v) is 8.65. The lowest BCUT2D eigenvalue weighted by Gasteiger charge is -2.19. The number of pyridine rings is 1. The van der Waals surface area contributed by atoms with Crippen LogP contribution in [-0.2, 0) is 16.1 Å². The average Bonchev–Trinajstić information content (AvgIpc) is 3.18. The Morgan fingerprint density at radius 2 is 2.03 bits per heavy atom. The van der Waals surface area contributed by atoms with Crippen LogP contribution >= 0.6 is 11.5 Å². The molecule has 9 heteroatoms. The molecule has 1 atom stereocenters. The molecule has 0 saturated heterocycles. The lowest BCUT2D eigenvalue weighted by Crippen LogP contribution is -2.43. The van der Waals surface area contributed by atoms with Crippen LogP contribution in [-0.4, -0.2) is 31.6 Å². The van der Waals surface area contributed by atoms with Crippen molar-refractivity contribution in [3.8, 4) is 0 Å². The standard InChI is InChI=1S/C23H24N4O4S/c1-5-15(11-19(28)31-4)27-22(29)21-17(7-6-8-24-21)26(23(27)30)12-16-20-14(3)9-13(2)10-18(20)32-25-16/h6-10,15H,5,11-12H2,1-4H3/t15-/m0/s1. The van der Waals surface area contributed by atoms with Crippen LogP contribution in [0, 0.1) is 13.8 Å². The number of hydrogen-bond acceptors (Lipinski definition) is 7. The van der Waals surface area contributed by atoms with E-state index in [0.717, 1.165) is 31.5 Å². The quantitative estimate of drug-likeness (QED) is 0.416. The maximum absolute atomic E-state index is 13.6. The topological polar surface area (TPSA) is 96.1 Å². The molecule has 0 aliphatic rings. The van der Waals surface area contributed by atoms with Gasteiger partial charge in [-0.1, -0.05) is 13.0 Å². The normalized spacial score (nSPS) is 12.4. The summed E-state index contributed by atoms with van der Waals surface area (Å²) in [4.78, 5) is 43.0. The van der Waals surface area contributed by atoms with E-state index in [4.69, 9.17) is 4.74 Å². The van der Waals surface area contributed by atoms with E-state index in [-0.39, 0.29) is 18.5 Å². The Balaban J connectivity index is 1.95. The number of rotatable bonds is 6. The smallest absolute Gasteiger partial charge is 0.332 e. The molecule has 0 unspecified atom stereocenters. The van der Waals surface area contributed by atoms with Gasteiger partial charge in [0.1, 0.15) is 0 Å². The van der Waals surface area contributed by atoms with Gasteiger partial charge in [-0.15, -0.1) is 0 Å². The first-order chi connectivity index (χ1) is 15.3. The van der Waals surface area contributed by atoms with Crippen LogP contribution < -0.4 is 11.2 Å². The first kappa shape index (κ1) is 21.9. The highest BCUT2D eigenvalue weighted by Crippen LogP contribution is 2.28. The van der Waals surface area contributed by atoms with Crippen LogP contribution in [0.1, 0.15) is 42.6 Å². The SMILES string of the molecule is CC[C@@H](CC(=O)OC)n1c(=O)c2ncccc2n(Cc2nsc3cc(C)cc(C)c23)c1=O. The molecule has 0 aliphatic heterocycles. The number of aromatic nitrogens is 4. The highest BCUT2D eigenvalue weighted by atomic mass is 32.1. The number of aryl methyl sites for hydroxylation is 2. The van der Waals surface area contributed by atoms with Crippen molar-refractivity contribution in [2.45, 2.75) is 46.2 Å². The Morgan fingerprint density at radius 3 is 2.75 bits per heavy atom. The van der Waals surface area contributed by atoms with Gasteiger partial charge in [-0.2, -0.15) is 4.37 Å². The van der Waals surface area contributed by atoms with Gasteiger partial charge in [0, 0.05) is 11.6 Å². The Morgan fingerprint density at radius 1 is 1.25 bits per heavy atom. The summed E-state index contributed by atoms with van der Waals surface area (Å²) in [6.07, 6.45) is 1.87. The highest BCUT2D eigenvalue weighted by Gasteiger charge is 2.23. The van der Waals surface area contributed by atoms with Gasteiger partial charge in [0.25, 0.3) is 5.56 Å². The lowest BCUT2D eigenvalue weighted by molar-refractivity contribution is -0.141. The van der Waals surface area contributed by atoms with Gasteiger partial charge in [-0.05, 0) is 61.1 Å². The Bertz CT molecular complexity index is 1450. The maximum atomic E-state index is 13.6. The molecule has 0 bridgehead atoms. The minimum absolute atomic E-state index is 0.0709. The van der Waals surface area contributed by atoms with Crippen LogP contribution in [0.3, 0.4) is 0 Å². The molecule has 1 aromatic carbocycles. The zero-order chi connectivity index (χ0) is 23.0.